The lowest BCUT2D eigenvalue weighted by atomic mass is 9.87. The number of sulfone groups is 1. The first-order valence-electron chi connectivity index (χ1n) is 27.0. The van der Waals surface area contributed by atoms with E-state index in [1.165, 1.54) is 60.8 Å². The Bertz CT molecular complexity index is 3900. The molecular weight excluding hydrogens is 1150 g/mol. The summed E-state index contributed by atoms with van der Waals surface area (Å²) in [6.45, 7) is 6.17. The molecule has 0 saturated carbocycles. The van der Waals surface area contributed by atoms with Gasteiger partial charge in [-0.05, 0) is 42.8 Å². The number of aromatic nitrogens is 8. The smallest absolute Gasteiger partial charge is 0.317 e. The number of rotatable bonds is 16. The quantitative estimate of drug-likeness (QED) is 0.0782. The number of carbonyl (C=O) groups is 2. The molecule has 1 unspecified atom stereocenters. The lowest BCUT2D eigenvalue weighted by Gasteiger charge is -2.41. The standard InChI is InChI=1S/C53H61Cl2F4N15O8S/c1-28-20-70(21-29(2)52(28,56)57)50-60-18-36(54)44(66-50)64-32-6-8-38-40(16-32)74(47(78)46(77)68(38)5)25-43(76)62-34-10-12-69(24-34)14-15-73-39-9-7-33(65-45-37(55)19-61-51(67-45)71-22-30(3)53(58,59)31(4)23-71)17-41(39)72(48(79)49(73)80)13-11-42(75)63-35-26-83(81,82)27-35/h6-9,16-19,28-31,34-35H,10-15,20-27H2,1-5H3,(H,62,76)(H,63,75)(H,60,64,66)(H,61,65,67)/t28-,29+,30-,31+,34?. The van der Waals surface area contributed by atoms with Gasteiger partial charge < -0.3 is 44.8 Å². The van der Waals surface area contributed by atoms with E-state index in [1.807, 2.05) is 4.90 Å². The zero-order valence-electron chi connectivity index (χ0n) is 45.8. The third-order valence-electron chi connectivity index (χ3n) is 16.2. The van der Waals surface area contributed by atoms with E-state index in [-0.39, 0.29) is 108 Å². The summed E-state index contributed by atoms with van der Waals surface area (Å²) in [5, 5.41) is 12.1. The molecule has 8 heterocycles. The SMILES string of the molecule is C[C@@H]1CN(c2ncc(Cl)c(Nc3ccc4c(c3)n(CC(=O)NC3CCN(CCn5c(=O)c(=O)n(CCC(=O)NC6CS(=O)(=O)C6)c6cc(Nc7nc(N8C[C@@H](C)C(F)(F)[C@@H](C)C8)ncc7Cl)ccc65)C3)c(=O)c(=O)n4C)n2)C[C@H](C)C1(F)F. The van der Waals surface area contributed by atoms with Gasteiger partial charge in [0.15, 0.2) is 21.5 Å². The van der Waals surface area contributed by atoms with Crippen molar-refractivity contribution in [3.63, 3.8) is 0 Å². The van der Waals surface area contributed by atoms with Crippen molar-refractivity contribution in [1.82, 2.24) is 53.7 Å². The molecule has 23 nitrogen and oxygen atoms in total. The van der Waals surface area contributed by atoms with E-state index >= 15 is 0 Å². The molecule has 4 aliphatic heterocycles. The Kier molecular flexibility index (Phi) is 16.2. The van der Waals surface area contributed by atoms with Crippen molar-refractivity contribution in [2.75, 3.05) is 77.8 Å². The highest BCUT2D eigenvalue weighted by Crippen LogP contribution is 2.41. The monoisotopic (exact) mass is 1210 g/mol. The van der Waals surface area contributed by atoms with E-state index in [9.17, 15) is 54.7 Å². The maximum atomic E-state index is 14.7. The summed E-state index contributed by atoms with van der Waals surface area (Å²) in [5.74, 6) is -10.5. The molecule has 2 amide bonds. The first kappa shape index (κ1) is 59.0. The fraction of sp³-hybridized carbons (Fsp3) is 0.509. The summed E-state index contributed by atoms with van der Waals surface area (Å²) in [5.41, 5.74) is -1.75. The first-order valence-corrected chi connectivity index (χ1v) is 29.6. The molecule has 0 aliphatic carbocycles. The van der Waals surface area contributed by atoms with Crippen molar-refractivity contribution in [3.05, 3.63) is 100 Å². The van der Waals surface area contributed by atoms with Crippen LogP contribution in [0.4, 0.5) is 52.5 Å². The molecule has 0 bridgehead atoms. The third-order valence-corrected chi connectivity index (χ3v) is 18.5. The van der Waals surface area contributed by atoms with Crippen LogP contribution in [0, 0.1) is 23.7 Å². The molecule has 30 heteroatoms. The molecule has 83 heavy (non-hydrogen) atoms. The van der Waals surface area contributed by atoms with Gasteiger partial charge in [0.2, 0.25) is 23.7 Å². The van der Waals surface area contributed by atoms with E-state index in [4.69, 9.17) is 23.2 Å². The van der Waals surface area contributed by atoms with Gasteiger partial charge in [-0.1, -0.05) is 50.9 Å². The van der Waals surface area contributed by atoms with Gasteiger partial charge in [0.25, 0.3) is 11.8 Å². The third kappa shape index (κ3) is 12.0. The molecule has 5 atom stereocenters. The molecule has 444 valence electrons. The van der Waals surface area contributed by atoms with E-state index in [0.29, 0.717) is 41.9 Å². The van der Waals surface area contributed by atoms with Crippen LogP contribution in [0.2, 0.25) is 10.0 Å². The van der Waals surface area contributed by atoms with Crippen LogP contribution in [0.15, 0.2) is 68.0 Å². The Morgan fingerprint density at radius 3 is 1.60 bits per heavy atom. The topological polar surface area (TPSA) is 266 Å². The summed E-state index contributed by atoms with van der Waals surface area (Å²) in [4.78, 5) is 105. The van der Waals surface area contributed by atoms with Crippen LogP contribution < -0.4 is 53.3 Å². The van der Waals surface area contributed by atoms with Crippen molar-refractivity contribution in [3.8, 4) is 0 Å². The van der Waals surface area contributed by atoms with Crippen LogP contribution in [0.3, 0.4) is 0 Å². The number of halogens is 6. The number of amides is 2. The van der Waals surface area contributed by atoms with E-state index in [1.54, 1.807) is 46.2 Å². The van der Waals surface area contributed by atoms with Crippen LogP contribution in [-0.2, 0) is 46.1 Å². The summed E-state index contributed by atoms with van der Waals surface area (Å²) in [6, 6.07) is 8.61. The number of nitrogens with one attached hydrogen (secondary N) is 4. The molecule has 4 aromatic heterocycles. The zero-order valence-corrected chi connectivity index (χ0v) is 48.2. The lowest BCUT2D eigenvalue weighted by molar-refractivity contribution is -0.122. The number of piperidine rings is 2. The minimum atomic E-state index is -3.24. The molecule has 0 spiro atoms. The molecule has 10 rings (SSSR count). The number of benzene rings is 2. The Labute approximate surface area is 481 Å². The van der Waals surface area contributed by atoms with Gasteiger partial charge in [0.05, 0.1) is 52.0 Å². The largest absolute Gasteiger partial charge is 0.351 e. The van der Waals surface area contributed by atoms with E-state index < -0.39 is 98.0 Å². The Morgan fingerprint density at radius 2 is 1.08 bits per heavy atom. The summed E-state index contributed by atoms with van der Waals surface area (Å²) in [6.07, 6.45) is 2.91. The average Bonchev–Trinajstić information content (AvgIpc) is 3.23. The van der Waals surface area contributed by atoms with E-state index in [2.05, 4.69) is 41.2 Å². The van der Waals surface area contributed by atoms with Crippen LogP contribution in [-0.4, -0.2) is 145 Å². The van der Waals surface area contributed by atoms with Crippen LogP contribution >= 0.6 is 23.2 Å². The molecule has 4 aliphatic rings. The van der Waals surface area contributed by atoms with Crippen molar-refractivity contribution in [1.29, 1.82) is 0 Å². The minimum Gasteiger partial charge on any atom is -0.351 e. The fourth-order valence-electron chi connectivity index (χ4n) is 11.4. The first-order chi connectivity index (χ1) is 39.2. The summed E-state index contributed by atoms with van der Waals surface area (Å²) in [7, 11) is -1.80. The molecular formula is C53H61Cl2F4N15O8S. The van der Waals surface area contributed by atoms with Crippen LogP contribution in [0.1, 0.15) is 40.5 Å². The zero-order chi connectivity index (χ0) is 59.6. The van der Waals surface area contributed by atoms with Crippen molar-refractivity contribution in [2.24, 2.45) is 30.7 Å². The number of nitrogens with zero attached hydrogens (tertiary/aromatic N) is 11. The van der Waals surface area contributed by atoms with Crippen molar-refractivity contribution >= 4 is 102 Å². The predicted molar refractivity (Wildman–Crippen MR) is 306 cm³/mol. The molecule has 2 aromatic carbocycles. The van der Waals surface area contributed by atoms with Gasteiger partial charge in [-0.3, -0.25) is 38.2 Å². The van der Waals surface area contributed by atoms with Crippen LogP contribution in [0.25, 0.3) is 22.1 Å². The van der Waals surface area contributed by atoms with Gasteiger partial charge in [-0.25, -0.2) is 35.9 Å². The van der Waals surface area contributed by atoms with Gasteiger partial charge in [0, 0.05) is 113 Å². The molecule has 4 N–H and O–H groups in total. The van der Waals surface area contributed by atoms with Crippen molar-refractivity contribution < 1.29 is 35.6 Å². The number of anilines is 6. The van der Waals surface area contributed by atoms with Gasteiger partial charge in [-0.15, -0.1) is 0 Å². The number of likely N-dealkylation sites (tertiary alicyclic amines) is 1. The minimum absolute atomic E-state index is 0.00341. The second-order valence-electron chi connectivity index (χ2n) is 22.3. The highest BCUT2D eigenvalue weighted by Gasteiger charge is 2.49. The average molecular weight is 1220 g/mol. The number of carbonyl (C=O) groups excluding carboxylic acids is 2. The van der Waals surface area contributed by atoms with Gasteiger partial charge in [-0.2, -0.15) is 9.97 Å². The maximum absolute atomic E-state index is 14.7. The highest BCUT2D eigenvalue weighted by molar-refractivity contribution is 7.92. The number of fused-ring (bicyclic) bond motifs is 2. The molecule has 4 saturated heterocycles. The van der Waals surface area contributed by atoms with Gasteiger partial charge in [0.1, 0.15) is 16.6 Å². The normalized spacial score (nSPS) is 22.4. The van der Waals surface area contributed by atoms with E-state index in [0.717, 1.165) is 4.57 Å². The molecule has 0 radical (unpaired) electrons. The van der Waals surface area contributed by atoms with Crippen molar-refractivity contribution in [2.45, 2.75) is 84.1 Å². The lowest BCUT2D eigenvalue weighted by Crippen LogP contribution is -2.53. The predicted octanol–water partition coefficient (Wildman–Crippen LogP) is 4.20. The Hall–Kier alpha value is -7.17. The second-order valence-corrected chi connectivity index (χ2v) is 25.2. The summed E-state index contributed by atoms with van der Waals surface area (Å²) >= 11 is 13.1. The van der Waals surface area contributed by atoms with Crippen LogP contribution in [0.5, 0.6) is 0 Å². The number of hydrogen-bond acceptors (Lipinski definition) is 17. The van der Waals surface area contributed by atoms with Gasteiger partial charge >= 0.3 is 22.2 Å². The summed E-state index contributed by atoms with van der Waals surface area (Å²) < 4.78 is 87.0. The molecule has 4 fully saturated rings. The highest BCUT2D eigenvalue weighted by atomic mass is 35.5. The number of hydrogen-bond donors (Lipinski definition) is 4. The molecule has 6 aromatic rings. The number of alkyl halides is 4. The second kappa shape index (κ2) is 22.8. The Morgan fingerprint density at radius 1 is 0.614 bits per heavy atom. The number of aryl methyl sites for hydroxylation is 2. The Balaban J connectivity index is 0.841. The maximum Gasteiger partial charge on any atom is 0.317 e. The fourth-order valence-corrected chi connectivity index (χ4v) is 12.9.